The van der Waals surface area contributed by atoms with Crippen LogP contribution in [0.25, 0.3) is 0 Å². The lowest BCUT2D eigenvalue weighted by Gasteiger charge is -2.36. The van der Waals surface area contributed by atoms with Gasteiger partial charge in [-0.05, 0) is 43.9 Å². The summed E-state index contributed by atoms with van der Waals surface area (Å²) in [6.07, 6.45) is 4.89. The van der Waals surface area contributed by atoms with Gasteiger partial charge in [0.15, 0.2) is 11.5 Å². The van der Waals surface area contributed by atoms with Gasteiger partial charge < -0.3 is 19.7 Å². The number of hydrogen-bond acceptors (Lipinski definition) is 4. The van der Waals surface area contributed by atoms with Crippen molar-refractivity contribution in [2.24, 2.45) is 5.92 Å². The summed E-state index contributed by atoms with van der Waals surface area (Å²) in [5.74, 6) is 1.75. The van der Waals surface area contributed by atoms with Crippen LogP contribution < -0.4 is 14.8 Å². The van der Waals surface area contributed by atoms with Crippen molar-refractivity contribution in [2.45, 2.75) is 38.1 Å². The van der Waals surface area contributed by atoms with E-state index in [9.17, 15) is 9.59 Å². The number of hydrogen-bond donors (Lipinski definition) is 1. The highest BCUT2D eigenvalue weighted by molar-refractivity contribution is 5.95. The molecule has 128 valence electrons. The summed E-state index contributed by atoms with van der Waals surface area (Å²) < 4.78 is 10.6. The maximum absolute atomic E-state index is 12.4. The van der Waals surface area contributed by atoms with Gasteiger partial charge in [0.1, 0.15) is 0 Å². The molecule has 2 amide bonds. The van der Waals surface area contributed by atoms with Crippen LogP contribution in [0.1, 0.15) is 42.5 Å². The minimum absolute atomic E-state index is 0.0999. The molecule has 2 fully saturated rings. The minimum atomic E-state index is -0.0999. The molecule has 0 unspecified atom stereocenters. The molecular weight excluding hydrogens is 308 g/mol. The number of carbonyl (C=O) groups excluding carboxylic acids is 2. The number of nitrogens with one attached hydrogen (secondary N) is 1. The van der Waals surface area contributed by atoms with Crippen molar-refractivity contribution in [3.63, 3.8) is 0 Å². The number of piperidine rings is 1. The molecule has 1 N–H and O–H groups in total. The van der Waals surface area contributed by atoms with Crippen molar-refractivity contribution >= 4 is 11.8 Å². The van der Waals surface area contributed by atoms with Crippen molar-refractivity contribution in [2.75, 3.05) is 19.9 Å². The third kappa shape index (κ3) is 2.92. The van der Waals surface area contributed by atoms with Crippen LogP contribution >= 0.6 is 0 Å². The molecule has 1 aromatic rings. The lowest BCUT2D eigenvalue weighted by Crippen LogP contribution is -2.48. The van der Waals surface area contributed by atoms with Gasteiger partial charge in [0.2, 0.25) is 12.7 Å². The highest BCUT2D eigenvalue weighted by atomic mass is 16.7. The Kier molecular flexibility index (Phi) is 4.04. The summed E-state index contributed by atoms with van der Waals surface area (Å²) in [5.41, 5.74) is 0.576. The highest BCUT2D eigenvalue weighted by Gasteiger charge is 2.32. The Morgan fingerprint density at radius 3 is 2.50 bits per heavy atom. The largest absolute Gasteiger partial charge is 0.454 e. The molecular formula is C18H22N2O4. The predicted octanol–water partition coefficient (Wildman–Crippen LogP) is 1.94. The Hall–Kier alpha value is -2.24. The molecule has 4 rings (SSSR count). The quantitative estimate of drug-likeness (QED) is 0.920. The molecule has 0 spiro atoms. The Balaban J connectivity index is 1.30. The van der Waals surface area contributed by atoms with E-state index >= 15 is 0 Å². The number of benzene rings is 1. The average Bonchev–Trinajstić information content (AvgIpc) is 3.01. The van der Waals surface area contributed by atoms with E-state index in [-0.39, 0.29) is 24.7 Å². The van der Waals surface area contributed by atoms with Crippen molar-refractivity contribution in [3.05, 3.63) is 23.8 Å². The number of nitrogens with zero attached hydrogens (tertiary/aromatic N) is 1. The summed E-state index contributed by atoms with van der Waals surface area (Å²) in [6, 6.07) is 5.34. The second-order valence-electron chi connectivity index (χ2n) is 6.77. The number of rotatable bonds is 3. The molecule has 1 aliphatic carbocycles. The zero-order valence-corrected chi connectivity index (χ0v) is 13.6. The van der Waals surface area contributed by atoms with Crippen molar-refractivity contribution < 1.29 is 19.1 Å². The van der Waals surface area contributed by atoms with Gasteiger partial charge in [-0.15, -0.1) is 0 Å². The molecule has 0 aromatic heterocycles. The van der Waals surface area contributed by atoms with Crippen LogP contribution in [-0.2, 0) is 4.79 Å². The van der Waals surface area contributed by atoms with Crippen molar-refractivity contribution in [1.82, 2.24) is 10.2 Å². The van der Waals surface area contributed by atoms with Gasteiger partial charge >= 0.3 is 0 Å². The monoisotopic (exact) mass is 330 g/mol. The smallest absolute Gasteiger partial charge is 0.251 e. The lowest BCUT2D eigenvalue weighted by molar-refractivity contribution is -0.139. The molecule has 1 aromatic carbocycles. The second kappa shape index (κ2) is 6.34. The zero-order chi connectivity index (χ0) is 16.5. The minimum Gasteiger partial charge on any atom is -0.454 e. The van der Waals surface area contributed by atoms with E-state index in [2.05, 4.69) is 5.32 Å². The Labute approximate surface area is 141 Å². The van der Waals surface area contributed by atoms with E-state index in [1.165, 1.54) is 6.42 Å². The number of likely N-dealkylation sites (tertiary alicyclic amines) is 1. The second-order valence-corrected chi connectivity index (χ2v) is 6.77. The molecule has 2 heterocycles. The first-order valence-corrected chi connectivity index (χ1v) is 8.70. The SMILES string of the molecule is O=C(NC1CCN(C(=O)C2CCC2)CC1)c1ccc2c(c1)OCO2. The summed E-state index contributed by atoms with van der Waals surface area (Å²) >= 11 is 0. The average molecular weight is 330 g/mol. The first-order chi connectivity index (χ1) is 11.7. The third-order valence-electron chi connectivity index (χ3n) is 5.23. The standard InChI is InChI=1S/C18H22N2O4/c21-17(13-4-5-15-16(10-13)24-11-23-15)19-14-6-8-20(9-7-14)18(22)12-2-1-3-12/h4-5,10,12,14H,1-3,6-9,11H2,(H,19,21). The van der Waals surface area contributed by atoms with Gasteiger partial charge in [-0.25, -0.2) is 0 Å². The number of carbonyl (C=O) groups is 2. The van der Waals surface area contributed by atoms with Crippen molar-refractivity contribution in [1.29, 1.82) is 0 Å². The molecule has 1 saturated carbocycles. The van der Waals surface area contributed by atoms with Crippen LogP contribution in [0.3, 0.4) is 0 Å². The molecule has 0 radical (unpaired) electrons. The van der Waals surface area contributed by atoms with Gasteiger partial charge in [0, 0.05) is 30.6 Å². The summed E-state index contributed by atoms with van der Waals surface area (Å²) in [4.78, 5) is 26.6. The summed E-state index contributed by atoms with van der Waals surface area (Å²) in [5, 5.41) is 3.07. The maximum atomic E-state index is 12.4. The van der Waals surface area contributed by atoms with Gasteiger partial charge in [0.05, 0.1) is 0 Å². The first-order valence-electron chi connectivity index (χ1n) is 8.70. The molecule has 1 saturated heterocycles. The molecule has 24 heavy (non-hydrogen) atoms. The summed E-state index contributed by atoms with van der Waals surface area (Å²) in [6.45, 7) is 1.68. The van der Waals surface area contributed by atoms with Crippen LogP contribution in [0.2, 0.25) is 0 Å². The van der Waals surface area contributed by atoms with Gasteiger partial charge in [0.25, 0.3) is 5.91 Å². The third-order valence-corrected chi connectivity index (χ3v) is 5.23. The molecule has 2 aliphatic heterocycles. The molecule has 0 atom stereocenters. The fraction of sp³-hybridized carbons (Fsp3) is 0.556. The lowest BCUT2D eigenvalue weighted by atomic mass is 9.84. The van der Waals surface area contributed by atoms with E-state index in [4.69, 9.17) is 9.47 Å². The first kappa shape index (κ1) is 15.3. The number of amides is 2. The van der Waals surface area contributed by atoms with Crippen LogP contribution in [0, 0.1) is 5.92 Å². The van der Waals surface area contributed by atoms with Crippen molar-refractivity contribution in [3.8, 4) is 11.5 Å². The Bertz CT molecular complexity index is 648. The van der Waals surface area contributed by atoms with Crippen LogP contribution in [0.15, 0.2) is 18.2 Å². The highest BCUT2D eigenvalue weighted by Crippen LogP contribution is 2.32. The van der Waals surface area contributed by atoms with E-state index in [1.807, 2.05) is 4.90 Å². The fourth-order valence-corrected chi connectivity index (χ4v) is 3.46. The zero-order valence-electron chi connectivity index (χ0n) is 13.6. The van der Waals surface area contributed by atoms with Gasteiger partial charge in [-0.2, -0.15) is 0 Å². The summed E-state index contributed by atoms with van der Waals surface area (Å²) in [7, 11) is 0. The predicted molar refractivity (Wildman–Crippen MR) is 87.0 cm³/mol. The van der Waals surface area contributed by atoms with E-state index in [1.54, 1.807) is 18.2 Å². The fourth-order valence-electron chi connectivity index (χ4n) is 3.46. The van der Waals surface area contributed by atoms with E-state index in [0.29, 0.717) is 23.0 Å². The number of fused-ring (bicyclic) bond motifs is 1. The van der Waals surface area contributed by atoms with Crippen LogP contribution in [0.4, 0.5) is 0 Å². The van der Waals surface area contributed by atoms with E-state index in [0.717, 1.165) is 38.8 Å². The number of ether oxygens (including phenoxy) is 2. The Morgan fingerprint density at radius 1 is 1.04 bits per heavy atom. The van der Waals surface area contributed by atoms with E-state index < -0.39 is 0 Å². The van der Waals surface area contributed by atoms with Gasteiger partial charge in [-0.1, -0.05) is 6.42 Å². The molecule has 6 nitrogen and oxygen atoms in total. The Morgan fingerprint density at radius 2 is 1.79 bits per heavy atom. The molecule has 3 aliphatic rings. The molecule has 0 bridgehead atoms. The topological polar surface area (TPSA) is 67.9 Å². The van der Waals surface area contributed by atoms with Crippen LogP contribution in [-0.4, -0.2) is 42.6 Å². The maximum Gasteiger partial charge on any atom is 0.251 e. The molecule has 6 heteroatoms. The normalized spacial score (nSPS) is 20.6. The van der Waals surface area contributed by atoms with Crippen LogP contribution in [0.5, 0.6) is 11.5 Å². The van der Waals surface area contributed by atoms with Gasteiger partial charge in [-0.3, -0.25) is 9.59 Å².